The molecule has 0 bridgehead atoms. The first kappa shape index (κ1) is 13.1. The molecule has 0 radical (unpaired) electrons. The maximum Gasteiger partial charge on any atom is 0.0104 e. The van der Waals surface area contributed by atoms with E-state index in [0.717, 1.165) is 18.9 Å². The van der Waals surface area contributed by atoms with E-state index in [-0.39, 0.29) is 0 Å². The third kappa shape index (κ3) is 5.62. The van der Waals surface area contributed by atoms with Crippen LogP contribution in [0.2, 0.25) is 0 Å². The van der Waals surface area contributed by atoms with Crippen molar-refractivity contribution in [1.82, 2.24) is 5.32 Å². The zero-order valence-corrected chi connectivity index (χ0v) is 10.8. The molecule has 15 heavy (non-hydrogen) atoms. The van der Waals surface area contributed by atoms with Crippen LogP contribution in [0.5, 0.6) is 0 Å². The molecule has 1 nitrogen and oxygen atoms in total. The molecule has 0 aromatic carbocycles. The lowest BCUT2D eigenvalue weighted by molar-refractivity contribution is 0.365. The van der Waals surface area contributed by atoms with Crippen LogP contribution in [0.25, 0.3) is 0 Å². The molecule has 1 saturated heterocycles. The molecule has 1 heterocycles. The van der Waals surface area contributed by atoms with E-state index in [1.165, 1.54) is 37.2 Å². The summed E-state index contributed by atoms with van der Waals surface area (Å²) in [6.45, 7) is 7.24. The Labute approximate surface area is 99.1 Å². The van der Waals surface area contributed by atoms with Crippen molar-refractivity contribution < 1.29 is 0 Å². The van der Waals surface area contributed by atoms with Crippen molar-refractivity contribution in [3.8, 4) is 0 Å². The van der Waals surface area contributed by atoms with E-state index < -0.39 is 0 Å². The summed E-state index contributed by atoms with van der Waals surface area (Å²) in [4.78, 5) is 0. The zero-order chi connectivity index (χ0) is 10.9. The highest BCUT2D eigenvalue weighted by Gasteiger charge is 2.17. The minimum absolute atomic E-state index is 0.676. The van der Waals surface area contributed by atoms with Gasteiger partial charge in [-0.15, -0.1) is 6.58 Å². The quantitative estimate of drug-likeness (QED) is 0.668. The first-order valence-corrected chi connectivity index (χ1v) is 7.44. The van der Waals surface area contributed by atoms with Gasteiger partial charge in [-0.2, -0.15) is 11.8 Å². The van der Waals surface area contributed by atoms with Crippen molar-refractivity contribution >= 4 is 11.8 Å². The number of nitrogens with one attached hydrogen (secondary N) is 1. The maximum absolute atomic E-state index is 3.86. The first-order chi connectivity index (χ1) is 7.36. The summed E-state index contributed by atoms with van der Waals surface area (Å²) in [6.07, 6.45) is 8.62. The third-order valence-electron chi connectivity index (χ3n) is 3.09. The fourth-order valence-electron chi connectivity index (χ4n) is 2.20. The fourth-order valence-corrected chi connectivity index (χ4v) is 3.40. The average molecular weight is 227 g/mol. The molecular weight excluding hydrogens is 202 g/mol. The summed E-state index contributed by atoms with van der Waals surface area (Å²) in [5.74, 6) is 3.71. The molecule has 1 N–H and O–H groups in total. The van der Waals surface area contributed by atoms with Crippen LogP contribution >= 0.6 is 11.8 Å². The standard InChI is InChI=1S/C13H25NS/c1-3-5-13(14-8-4-2)11-12-6-9-15-10-7-12/h3,12-14H,1,4-11H2,2H3. The van der Waals surface area contributed by atoms with Crippen molar-refractivity contribution in [2.24, 2.45) is 5.92 Å². The van der Waals surface area contributed by atoms with E-state index in [1.807, 2.05) is 0 Å². The van der Waals surface area contributed by atoms with Gasteiger partial charge in [0, 0.05) is 6.04 Å². The van der Waals surface area contributed by atoms with Crippen LogP contribution in [0.3, 0.4) is 0 Å². The summed E-state index contributed by atoms with van der Waals surface area (Å²) in [5, 5.41) is 3.64. The summed E-state index contributed by atoms with van der Waals surface area (Å²) in [6, 6.07) is 0.676. The van der Waals surface area contributed by atoms with Gasteiger partial charge in [-0.25, -0.2) is 0 Å². The second kappa shape index (κ2) is 8.23. The fraction of sp³-hybridized carbons (Fsp3) is 0.846. The highest BCUT2D eigenvalue weighted by Crippen LogP contribution is 2.26. The second-order valence-corrected chi connectivity index (χ2v) is 5.69. The maximum atomic E-state index is 3.86. The Balaban J connectivity index is 2.24. The highest BCUT2D eigenvalue weighted by atomic mass is 32.2. The molecule has 0 spiro atoms. The smallest absolute Gasteiger partial charge is 0.0104 e. The lowest BCUT2D eigenvalue weighted by Crippen LogP contribution is -2.32. The van der Waals surface area contributed by atoms with Gasteiger partial charge in [0.25, 0.3) is 0 Å². The molecule has 0 aromatic heterocycles. The highest BCUT2D eigenvalue weighted by molar-refractivity contribution is 7.99. The van der Waals surface area contributed by atoms with E-state index in [2.05, 4.69) is 36.7 Å². The Hall–Kier alpha value is 0.0500. The van der Waals surface area contributed by atoms with Crippen molar-refractivity contribution in [3.05, 3.63) is 12.7 Å². The number of hydrogen-bond donors (Lipinski definition) is 1. The number of thioether (sulfide) groups is 1. The molecule has 0 aliphatic carbocycles. The average Bonchev–Trinajstić information content (AvgIpc) is 2.28. The van der Waals surface area contributed by atoms with E-state index >= 15 is 0 Å². The van der Waals surface area contributed by atoms with E-state index in [1.54, 1.807) is 0 Å². The monoisotopic (exact) mass is 227 g/mol. The Morgan fingerprint density at radius 3 is 2.80 bits per heavy atom. The Morgan fingerprint density at radius 2 is 2.20 bits per heavy atom. The van der Waals surface area contributed by atoms with Gasteiger partial charge in [-0.3, -0.25) is 0 Å². The molecule has 88 valence electrons. The van der Waals surface area contributed by atoms with Gasteiger partial charge in [0.15, 0.2) is 0 Å². The van der Waals surface area contributed by atoms with E-state index in [9.17, 15) is 0 Å². The van der Waals surface area contributed by atoms with Gasteiger partial charge in [0.1, 0.15) is 0 Å². The summed E-state index contributed by atoms with van der Waals surface area (Å²) < 4.78 is 0. The van der Waals surface area contributed by atoms with Crippen LogP contribution in [0, 0.1) is 5.92 Å². The van der Waals surface area contributed by atoms with Gasteiger partial charge in [-0.1, -0.05) is 13.0 Å². The normalized spacial score (nSPS) is 20.1. The zero-order valence-electron chi connectivity index (χ0n) is 10.0. The van der Waals surface area contributed by atoms with Crippen LogP contribution in [-0.2, 0) is 0 Å². The van der Waals surface area contributed by atoms with Crippen molar-refractivity contribution in [2.75, 3.05) is 18.1 Å². The van der Waals surface area contributed by atoms with Gasteiger partial charge >= 0.3 is 0 Å². The topological polar surface area (TPSA) is 12.0 Å². The summed E-state index contributed by atoms with van der Waals surface area (Å²) >= 11 is 2.12. The number of rotatable bonds is 7. The first-order valence-electron chi connectivity index (χ1n) is 6.28. The third-order valence-corrected chi connectivity index (χ3v) is 4.14. The Bertz CT molecular complexity index is 164. The molecule has 0 aromatic rings. The molecule has 0 amide bonds. The van der Waals surface area contributed by atoms with Crippen LogP contribution in [0.15, 0.2) is 12.7 Å². The molecule has 1 atom stereocenters. The minimum atomic E-state index is 0.676. The van der Waals surface area contributed by atoms with Crippen molar-refractivity contribution in [1.29, 1.82) is 0 Å². The molecule has 2 heteroatoms. The van der Waals surface area contributed by atoms with Crippen molar-refractivity contribution in [3.63, 3.8) is 0 Å². The molecule has 1 aliphatic rings. The molecular formula is C13H25NS. The molecule has 0 saturated carbocycles. The van der Waals surface area contributed by atoms with Crippen LogP contribution in [0.1, 0.15) is 39.0 Å². The predicted octanol–water partition coefficient (Wildman–Crippen LogP) is 3.46. The molecule has 1 aliphatic heterocycles. The summed E-state index contributed by atoms with van der Waals surface area (Å²) in [5.41, 5.74) is 0. The number of hydrogen-bond acceptors (Lipinski definition) is 2. The Kier molecular flexibility index (Phi) is 7.20. The largest absolute Gasteiger partial charge is 0.314 e. The summed E-state index contributed by atoms with van der Waals surface area (Å²) in [7, 11) is 0. The second-order valence-electron chi connectivity index (χ2n) is 4.47. The van der Waals surface area contributed by atoms with E-state index in [4.69, 9.17) is 0 Å². The van der Waals surface area contributed by atoms with Gasteiger partial charge < -0.3 is 5.32 Å². The molecule has 1 fully saturated rings. The molecule has 1 unspecified atom stereocenters. The van der Waals surface area contributed by atoms with Crippen LogP contribution in [0.4, 0.5) is 0 Å². The van der Waals surface area contributed by atoms with Crippen molar-refractivity contribution in [2.45, 2.75) is 45.1 Å². The van der Waals surface area contributed by atoms with Gasteiger partial charge in [-0.05, 0) is 56.1 Å². The van der Waals surface area contributed by atoms with Crippen LogP contribution < -0.4 is 5.32 Å². The van der Waals surface area contributed by atoms with Gasteiger partial charge in [0.2, 0.25) is 0 Å². The van der Waals surface area contributed by atoms with Crippen LogP contribution in [-0.4, -0.2) is 24.1 Å². The van der Waals surface area contributed by atoms with E-state index in [0.29, 0.717) is 6.04 Å². The minimum Gasteiger partial charge on any atom is -0.314 e. The Morgan fingerprint density at radius 1 is 1.47 bits per heavy atom. The molecule has 1 rings (SSSR count). The SMILES string of the molecule is C=CCC(CC1CCSCC1)NCCC. The lowest BCUT2D eigenvalue weighted by atomic mass is 9.93. The predicted molar refractivity (Wildman–Crippen MR) is 71.6 cm³/mol. The lowest BCUT2D eigenvalue weighted by Gasteiger charge is -2.26. The van der Waals surface area contributed by atoms with Gasteiger partial charge in [0.05, 0.1) is 0 Å².